The Morgan fingerprint density at radius 2 is 1.97 bits per heavy atom. The Kier molecular flexibility index (Phi) is 7.45. The van der Waals surface area contributed by atoms with Crippen LogP contribution in [0.25, 0.3) is 0 Å². The molecule has 1 aromatic heterocycles. The van der Waals surface area contributed by atoms with E-state index in [1.54, 1.807) is 24.3 Å². The van der Waals surface area contributed by atoms with Crippen LogP contribution in [0, 0.1) is 11.3 Å². The summed E-state index contributed by atoms with van der Waals surface area (Å²) in [5, 5.41) is 25.7. The molecule has 0 aliphatic carbocycles. The second-order valence-electron chi connectivity index (χ2n) is 7.94. The molecule has 1 saturated heterocycles. The van der Waals surface area contributed by atoms with Crippen molar-refractivity contribution < 1.29 is 23.4 Å². The van der Waals surface area contributed by atoms with E-state index >= 15 is 0 Å². The van der Waals surface area contributed by atoms with Gasteiger partial charge in [-0.2, -0.15) is 5.26 Å². The zero-order valence-electron chi connectivity index (χ0n) is 18.5. The molecule has 1 aliphatic rings. The number of aliphatic hydroxyl groups is 1. The molecule has 0 bridgehead atoms. The molecule has 8 nitrogen and oxygen atoms in total. The van der Waals surface area contributed by atoms with Gasteiger partial charge in [0.2, 0.25) is 0 Å². The maximum Gasteiger partial charge on any atom is 0.487 e. The molecule has 0 saturated carbocycles. The molecule has 36 heavy (non-hydrogen) atoms. The van der Waals surface area contributed by atoms with Crippen LogP contribution in [-0.2, 0) is 0 Å². The summed E-state index contributed by atoms with van der Waals surface area (Å²) < 4.78 is 29.8. The molecule has 0 radical (unpaired) electrons. The number of pyridine rings is 1. The highest BCUT2D eigenvalue weighted by Crippen LogP contribution is 2.33. The zero-order valence-corrected chi connectivity index (χ0v) is 20.0. The molecule has 3 aromatic rings. The van der Waals surface area contributed by atoms with Gasteiger partial charge in [-0.05, 0) is 55.0 Å². The molecule has 2 aromatic carbocycles. The average Bonchev–Trinajstić information content (AvgIpc) is 3.25. The Balaban J connectivity index is 1.60. The Labute approximate surface area is 215 Å². The quantitative estimate of drug-likeness (QED) is 0.351. The van der Waals surface area contributed by atoms with Gasteiger partial charge in [0.05, 0.1) is 28.6 Å². The van der Waals surface area contributed by atoms with Gasteiger partial charge in [0.25, 0.3) is 5.91 Å². The van der Waals surface area contributed by atoms with Crippen molar-refractivity contribution in [2.75, 3.05) is 28.6 Å². The number of aliphatic hydroxyl groups excluding tert-OH is 1. The molecule has 1 atom stereocenters. The molecule has 12 heteroatoms. The first-order chi connectivity index (χ1) is 17.1. The number of aromatic nitrogens is 1. The van der Waals surface area contributed by atoms with E-state index in [0.29, 0.717) is 53.0 Å². The minimum atomic E-state index is -3.85. The fraction of sp³-hybridized carbons (Fsp3) is 0.208. The van der Waals surface area contributed by atoms with E-state index in [9.17, 15) is 23.9 Å². The number of alkyl halides is 3. The number of carbonyl (C=O) groups is 1. The summed E-state index contributed by atoms with van der Waals surface area (Å²) >= 11 is 10.9. The van der Waals surface area contributed by atoms with Crippen LogP contribution in [0.1, 0.15) is 22.3 Å². The Bertz CT molecular complexity index is 1310. The van der Waals surface area contributed by atoms with Gasteiger partial charge in [0, 0.05) is 41.6 Å². The number of hydrogen-bond acceptors (Lipinski definition) is 7. The molecule has 0 unspecified atom stereocenters. The second kappa shape index (κ2) is 10.5. The number of nitrogens with one attached hydrogen (secondary N) is 2. The van der Waals surface area contributed by atoms with E-state index in [-0.39, 0.29) is 11.3 Å². The van der Waals surface area contributed by atoms with Crippen LogP contribution in [0.5, 0.6) is 5.75 Å². The van der Waals surface area contributed by atoms with Crippen LogP contribution >= 0.6 is 23.2 Å². The predicted molar refractivity (Wildman–Crippen MR) is 132 cm³/mol. The third-order valence-electron chi connectivity index (χ3n) is 5.31. The summed E-state index contributed by atoms with van der Waals surface area (Å²) in [5.41, 5.74) is -2.13. The van der Waals surface area contributed by atoms with Crippen LogP contribution in [0.4, 0.5) is 31.7 Å². The van der Waals surface area contributed by atoms with E-state index in [1.165, 1.54) is 30.5 Å². The van der Waals surface area contributed by atoms with E-state index in [1.807, 2.05) is 4.90 Å². The summed E-state index contributed by atoms with van der Waals surface area (Å²) in [5.74, 6) is -0.190. The minimum absolute atomic E-state index is 0.173. The Morgan fingerprint density at radius 1 is 1.22 bits per heavy atom. The smallest absolute Gasteiger partial charge is 0.420 e. The van der Waals surface area contributed by atoms with Crippen molar-refractivity contribution >= 4 is 52.0 Å². The Morgan fingerprint density at radius 3 is 2.61 bits per heavy atom. The second-order valence-corrected chi connectivity index (χ2v) is 8.81. The van der Waals surface area contributed by atoms with Gasteiger partial charge in [-0.15, -0.1) is 8.78 Å². The lowest BCUT2D eigenvalue weighted by Crippen LogP contribution is -2.24. The number of halogens is 4. The molecule has 3 N–H and O–H groups in total. The Hall–Kier alpha value is -3.65. The molecule has 4 rings (SSSR count). The molecule has 0 spiro atoms. The molecular formula is C24H19Cl2F2N5O3. The molecule has 2 heterocycles. The van der Waals surface area contributed by atoms with E-state index in [0.717, 1.165) is 0 Å². The van der Waals surface area contributed by atoms with Crippen molar-refractivity contribution in [3.63, 3.8) is 0 Å². The topological polar surface area (TPSA) is 111 Å². The number of carbonyl (C=O) groups excluding carboxylic acids is 1. The van der Waals surface area contributed by atoms with Gasteiger partial charge >= 0.3 is 5.57 Å². The number of anilines is 4. The lowest BCUT2D eigenvalue weighted by atomic mass is 10.1. The SMILES string of the molecule is N#Cc1ccc(Cl)cc1Nc1cc(C(=O)Nc2ccc(OC(F)(F)Cl)cc2)cnc1N1CC[C@@H](O)C1. The number of β-amino-alcohol motifs (C(OH)–C–C–N with tert-alkyl or cyclic N) is 1. The van der Waals surface area contributed by atoms with Crippen LogP contribution in [0.15, 0.2) is 54.7 Å². The third kappa shape index (κ3) is 6.31. The van der Waals surface area contributed by atoms with Crippen molar-refractivity contribution in [2.45, 2.75) is 18.1 Å². The van der Waals surface area contributed by atoms with Gasteiger partial charge in [-0.25, -0.2) is 4.98 Å². The van der Waals surface area contributed by atoms with Crippen LogP contribution < -0.4 is 20.3 Å². The number of ether oxygens (including phenoxy) is 1. The number of hydrogen-bond donors (Lipinski definition) is 3. The number of nitrogens with zero attached hydrogens (tertiary/aromatic N) is 3. The molecule has 1 amide bonds. The normalized spacial score (nSPS) is 15.3. The predicted octanol–water partition coefficient (Wildman–Crippen LogP) is 5.34. The van der Waals surface area contributed by atoms with Gasteiger partial charge in [0.1, 0.15) is 11.8 Å². The molecule has 1 fully saturated rings. The zero-order chi connectivity index (χ0) is 25.9. The number of benzene rings is 2. The first-order valence-corrected chi connectivity index (χ1v) is 11.4. The standard InChI is InChI=1S/C24H19Cl2F2N5O3/c25-16-2-1-14(11-29)20(10-16)32-21-9-15(12-30-22(21)33-8-7-18(34)13-33)23(35)31-17-3-5-19(6-4-17)36-24(26,27)28/h1-6,9-10,12,18,32,34H,7-8,13H2,(H,31,35)/t18-/m1/s1. The van der Waals surface area contributed by atoms with Crippen molar-refractivity contribution in [1.82, 2.24) is 4.98 Å². The summed E-state index contributed by atoms with van der Waals surface area (Å²) in [6.45, 7) is 0.925. The molecular weight excluding hydrogens is 515 g/mol. The van der Waals surface area contributed by atoms with E-state index < -0.39 is 17.6 Å². The molecule has 1 aliphatic heterocycles. The van der Waals surface area contributed by atoms with Gasteiger partial charge in [0.15, 0.2) is 5.82 Å². The first-order valence-electron chi connectivity index (χ1n) is 10.7. The largest absolute Gasteiger partial charge is 0.487 e. The maximum atomic E-state index is 12.9. The van der Waals surface area contributed by atoms with Gasteiger partial charge in [-0.1, -0.05) is 11.6 Å². The van der Waals surface area contributed by atoms with Gasteiger partial charge < -0.3 is 25.4 Å². The fourth-order valence-corrected chi connectivity index (χ4v) is 3.93. The van der Waals surface area contributed by atoms with Crippen LogP contribution in [-0.4, -0.2) is 40.8 Å². The van der Waals surface area contributed by atoms with Crippen LogP contribution in [0.3, 0.4) is 0 Å². The number of amides is 1. The lowest BCUT2D eigenvalue weighted by Gasteiger charge is -2.22. The summed E-state index contributed by atoms with van der Waals surface area (Å²) in [4.78, 5) is 19.2. The number of nitriles is 1. The van der Waals surface area contributed by atoms with Crippen molar-refractivity contribution in [1.29, 1.82) is 5.26 Å². The van der Waals surface area contributed by atoms with Crippen LogP contribution in [0.2, 0.25) is 5.02 Å². The third-order valence-corrected chi connectivity index (χ3v) is 5.62. The van der Waals surface area contributed by atoms with E-state index in [4.69, 9.17) is 23.2 Å². The van der Waals surface area contributed by atoms with Crippen molar-refractivity contribution in [3.8, 4) is 11.8 Å². The number of rotatable bonds is 7. The van der Waals surface area contributed by atoms with Crippen molar-refractivity contribution in [3.05, 3.63) is 70.9 Å². The summed E-state index contributed by atoms with van der Waals surface area (Å²) in [6.07, 6.45) is 1.45. The average molecular weight is 534 g/mol. The molecule has 186 valence electrons. The highest BCUT2D eigenvalue weighted by Gasteiger charge is 2.27. The highest BCUT2D eigenvalue weighted by molar-refractivity contribution is 6.31. The van der Waals surface area contributed by atoms with Crippen molar-refractivity contribution in [2.24, 2.45) is 0 Å². The maximum absolute atomic E-state index is 12.9. The summed E-state index contributed by atoms with van der Waals surface area (Å²) in [7, 11) is 0. The highest BCUT2D eigenvalue weighted by atomic mass is 35.5. The summed E-state index contributed by atoms with van der Waals surface area (Å²) in [6, 6.07) is 13.6. The van der Waals surface area contributed by atoms with E-state index in [2.05, 4.69) is 26.4 Å². The first kappa shape index (κ1) is 25.4. The van der Waals surface area contributed by atoms with Gasteiger partial charge in [-0.3, -0.25) is 4.79 Å². The fourth-order valence-electron chi connectivity index (χ4n) is 3.67. The monoisotopic (exact) mass is 533 g/mol. The minimum Gasteiger partial charge on any atom is -0.420 e. The lowest BCUT2D eigenvalue weighted by molar-refractivity contribution is -0.0964.